The SMILES string of the molecule is CC(C)N(CC1CC1)c1snc(N)c1S(=O)(=O)N(C)C. The van der Waals surface area contributed by atoms with Gasteiger partial charge in [-0.05, 0) is 44.1 Å². The lowest BCUT2D eigenvalue weighted by Gasteiger charge is -2.28. The molecule has 0 spiro atoms. The van der Waals surface area contributed by atoms with Gasteiger partial charge in [0, 0.05) is 26.7 Å². The summed E-state index contributed by atoms with van der Waals surface area (Å²) in [7, 11) is -0.553. The minimum atomic E-state index is -3.57. The van der Waals surface area contributed by atoms with E-state index in [9.17, 15) is 8.42 Å². The van der Waals surface area contributed by atoms with Crippen LogP contribution in [0.25, 0.3) is 0 Å². The van der Waals surface area contributed by atoms with Gasteiger partial charge in [-0.1, -0.05) is 0 Å². The second-order valence-electron chi connectivity index (χ2n) is 5.68. The van der Waals surface area contributed by atoms with E-state index in [1.807, 2.05) is 0 Å². The molecule has 0 radical (unpaired) electrons. The largest absolute Gasteiger partial charge is 0.382 e. The minimum absolute atomic E-state index is 0.0974. The van der Waals surface area contributed by atoms with Crippen LogP contribution in [0, 0.1) is 5.92 Å². The Morgan fingerprint density at radius 3 is 2.45 bits per heavy atom. The van der Waals surface area contributed by atoms with E-state index in [1.165, 1.54) is 42.8 Å². The fourth-order valence-electron chi connectivity index (χ4n) is 2.00. The minimum Gasteiger partial charge on any atom is -0.382 e. The molecule has 1 fully saturated rings. The molecular weight excluding hydrogens is 296 g/mol. The average Bonchev–Trinajstić information content (AvgIpc) is 3.07. The molecule has 0 unspecified atom stereocenters. The van der Waals surface area contributed by atoms with Crippen molar-refractivity contribution in [1.82, 2.24) is 8.68 Å². The van der Waals surface area contributed by atoms with Crippen molar-refractivity contribution in [3.8, 4) is 0 Å². The van der Waals surface area contributed by atoms with Crippen molar-refractivity contribution in [1.29, 1.82) is 0 Å². The average molecular weight is 318 g/mol. The summed E-state index contributed by atoms with van der Waals surface area (Å²) in [4.78, 5) is 2.27. The maximum atomic E-state index is 12.4. The van der Waals surface area contributed by atoms with Crippen LogP contribution in [0.5, 0.6) is 0 Å². The molecule has 0 saturated heterocycles. The number of anilines is 2. The van der Waals surface area contributed by atoms with Gasteiger partial charge in [-0.2, -0.15) is 4.37 Å². The fraction of sp³-hybridized carbons (Fsp3) is 0.750. The van der Waals surface area contributed by atoms with Crippen LogP contribution in [0.2, 0.25) is 0 Å². The monoisotopic (exact) mass is 318 g/mol. The topological polar surface area (TPSA) is 79.5 Å². The molecule has 1 aliphatic rings. The van der Waals surface area contributed by atoms with E-state index < -0.39 is 10.0 Å². The quantitative estimate of drug-likeness (QED) is 0.862. The normalized spacial score (nSPS) is 16.1. The van der Waals surface area contributed by atoms with Gasteiger partial charge in [0.15, 0.2) is 10.7 Å². The molecule has 20 heavy (non-hydrogen) atoms. The number of hydrogen-bond donors (Lipinski definition) is 1. The number of hydrogen-bond acceptors (Lipinski definition) is 6. The van der Waals surface area contributed by atoms with Gasteiger partial charge in [0.05, 0.1) is 0 Å². The number of rotatable bonds is 6. The first kappa shape index (κ1) is 15.5. The van der Waals surface area contributed by atoms with Crippen molar-refractivity contribution < 1.29 is 8.42 Å². The van der Waals surface area contributed by atoms with Crippen molar-refractivity contribution >= 4 is 32.4 Å². The molecule has 8 heteroatoms. The van der Waals surface area contributed by atoms with Gasteiger partial charge < -0.3 is 10.6 Å². The summed E-state index contributed by atoms with van der Waals surface area (Å²) < 4.78 is 30.2. The van der Waals surface area contributed by atoms with Crippen LogP contribution in [0.1, 0.15) is 26.7 Å². The second-order valence-corrected chi connectivity index (χ2v) is 8.52. The summed E-state index contributed by atoms with van der Waals surface area (Å²) in [5, 5.41) is 0.665. The molecule has 6 nitrogen and oxygen atoms in total. The summed E-state index contributed by atoms with van der Waals surface area (Å²) >= 11 is 1.17. The molecule has 1 aromatic rings. The van der Waals surface area contributed by atoms with Crippen LogP contribution in [0.3, 0.4) is 0 Å². The zero-order valence-corrected chi connectivity index (χ0v) is 14.0. The van der Waals surface area contributed by atoms with Crippen molar-refractivity contribution in [3.05, 3.63) is 0 Å². The van der Waals surface area contributed by atoms with E-state index >= 15 is 0 Å². The highest BCUT2D eigenvalue weighted by Crippen LogP contribution is 2.39. The Labute approximate surface area is 124 Å². The third-order valence-electron chi connectivity index (χ3n) is 3.43. The Hall–Kier alpha value is -0.860. The fourth-order valence-corrected chi connectivity index (χ4v) is 4.35. The van der Waals surface area contributed by atoms with Crippen LogP contribution >= 0.6 is 11.5 Å². The van der Waals surface area contributed by atoms with Gasteiger partial charge in [-0.25, -0.2) is 12.7 Å². The van der Waals surface area contributed by atoms with E-state index in [0.29, 0.717) is 10.9 Å². The second kappa shape index (κ2) is 5.50. The molecule has 0 aromatic carbocycles. The van der Waals surface area contributed by atoms with Gasteiger partial charge in [-0.3, -0.25) is 0 Å². The number of aromatic nitrogens is 1. The zero-order chi connectivity index (χ0) is 15.1. The lowest BCUT2D eigenvalue weighted by molar-refractivity contribution is 0.520. The Kier molecular flexibility index (Phi) is 4.27. The first-order chi connectivity index (χ1) is 9.25. The molecule has 1 saturated carbocycles. The van der Waals surface area contributed by atoms with Crippen molar-refractivity contribution in [2.45, 2.75) is 37.6 Å². The summed E-state index contributed by atoms with van der Waals surface area (Å²) in [6, 6.07) is 0.214. The third-order valence-corrected chi connectivity index (χ3v) is 6.34. The highest BCUT2D eigenvalue weighted by molar-refractivity contribution is 7.89. The van der Waals surface area contributed by atoms with E-state index in [4.69, 9.17) is 5.73 Å². The van der Waals surface area contributed by atoms with Gasteiger partial charge in [-0.15, -0.1) is 0 Å². The number of nitrogens with zero attached hydrogens (tertiary/aromatic N) is 3. The summed E-state index contributed by atoms with van der Waals surface area (Å²) in [6.07, 6.45) is 2.43. The van der Waals surface area contributed by atoms with Crippen molar-refractivity contribution in [3.63, 3.8) is 0 Å². The molecule has 2 rings (SSSR count). The summed E-state index contributed by atoms with van der Waals surface area (Å²) in [5.41, 5.74) is 5.82. The van der Waals surface area contributed by atoms with Gasteiger partial charge in [0.2, 0.25) is 10.0 Å². The summed E-state index contributed by atoms with van der Waals surface area (Å²) in [6.45, 7) is 4.99. The Bertz CT molecular complexity index is 576. The number of nitrogen functional groups attached to an aromatic ring is 1. The van der Waals surface area contributed by atoms with Gasteiger partial charge in [0.1, 0.15) is 5.00 Å². The Morgan fingerprint density at radius 2 is 2.00 bits per heavy atom. The highest BCUT2D eigenvalue weighted by atomic mass is 32.2. The molecule has 0 atom stereocenters. The predicted molar refractivity (Wildman–Crippen MR) is 82.6 cm³/mol. The predicted octanol–water partition coefficient (Wildman–Crippen LogP) is 1.60. The van der Waals surface area contributed by atoms with E-state index in [2.05, 4.69) is 23.1 Å². The van der Waals surface area contributed by atoms with Crippen molar-refractivity contribution in [2.24, 2.45) is 5.92 Å². The first-order valence-electron chi connectivity index (χ1n) is 6.69. The van der Waals surface area contributed by atoms with Gasteiger partial charge in [0.25, 0.3) is 0 Å². The van der Waals surface area contributed by atoms with Crippen LogP contribution in [-0.4, -0.2) is 43.8 Å². The molecule has 0 bridgehead atoms. The lowest BCUT2D eigenvalue weighted by Crippen LogP contribution is -2.34. The van der Waals surface area contributed by atoms with Crippen molar-refractivity contribution in [2.75, 3.05) is 31.3 Å². The smallest absolute Gasteiger partial charge is 0.249 e. The molecule has 114 valence electrons. The maximum absolute atomic E-state index is 12.4. The van der Waals surface area contributed by atoms with E-state index in [0.717, 1.165) is 6.54 Å². The van der Waals surface area contributed by atoms with Crippen LogP contribution in [-0.2, 0) is 10.0 Å². The molecule has 1 aromatic heterocycles. The first-order valence-corrected chi connectivity index (χ1v) is 8.90. The standard InChI is InChI=1S/C12H22N4O2S2/c1-8(2)16(7-9-5-6-9)12-10(11(13)14-19-12)20(17,18)15(3)4/h8-9H,5-7H2,1-4H3,(H2,13,14). The van der Waals surface area contributed by atoms with Crippen LogP contribution in [0.15, 0.2) is 4.90 Å². The molecule has 1 heterocycles. The highest BCUT2D eigenvalue weighted by Gasteiger charge is 2.33. The molecular formula is C12H22N4O2S2. The van der Waals surface area contributed by atoms with Crippen LogP contribution < -0.4 is 10.6 Å². The van der Waals surface area contributed by atoms with Crippen LogP contribution in [0.4, 0.5) is 10.8 Å². The lowest BCUT2D eigenvalue weighted by atomic mass is 10.3. The summed E-state index contributed by atoms with van der Waals surface area (Å²) in [5.74, 6) is 0.760. The zero-order valence-electron chi connectivity index (χ0n) is 12.3. The van der Waals surface area contributed by atoms with E-state index in [-0.39, 0.29) is 16.8 Å². The number of nitrogens with two attached hydrogens (primary N) is 1. The number of sulfonamides is 1. The molecule has 0 amide bonds. The molecule has 0 aliphatic heterocycles. The van der Waals surface area contributed by atoms with E-state index in [1.54, 1.807) is 0 Å². The maximum Gasteiger partial charge on any atom is 0.249 e. The Morgan fingerprint density at radius 1 is 1.40 bits per heavy atom. The Balaban J connectivity index is 2.45. The molecule has 2 N–H and O–H groups in total. The van der Waals surface area contributed by atoms with Gasteiger partial charge >= 0.3 is 0 Å². The molecule has 1 aliphatic carbocycles. The third kappa shape index (κ3) is 2.91.